The first-order valence-electron chi connectivity index (χ1n) is 24.9. The molecule has 0 bridgehead atoms. The van der Waals surface area contributed by atoms with Crippen LogP contribution >= 0.6 is 45.3 Å². The first kappa shape index (κ1) is 50.6. The van der Waals surface area contributed by atoms with Crippen molar-refractivity contribution in [2.24, 2.45) is 0 Å². The zero-order valence-electron chi connectivity index (χ0n) is 41.2. The number of methoxy groups -OCH3 is 1. The van der Waals surface area contributed by atoms with Gasteiger partial charge in [-0.05, 0) is 109 Å². The fourth-order valence-electron chi connectivity index (χ4n) is 9.37. The second kappa shape index (κ2) is 23.4. The standard InChI is InChI=1S/C60H68O5S4/c1-7-9-11-13-15-17-37-64-48-31-27-46(28-32-48)59(61,44-23-19-41(3)20-24-44)51-55(53-43(5)35-39-66-53)68-58-52(56(69-57(51)58)54-50(63-6)36-40-67-54)60(62,45-25-21-42(4)22-26-45)47-29-33-49(34-30-47)65-38-18-16-14-12-10-8-2/h19-36,39-40,61-62H,7-18,37-38H2,1-6H3. The van der Waals surface area contributed by atoms with E-state index in [-0.39, 0.29) is 0 Å². The summed E-state index contributed by atoms with van der Waals surface area (Å²) < 4.78 is 20.5. The maximum absolute atomic E-state index is 14.1. The lowest BCUT2D eigenvalue weighted by atomic mass is 9.78. The Bertz CT molecular complexity index is 2850. The molecular weight excluding hydrogens is 929 g/mol. The minimum atomic E-state index is -1.63. The van der Waals surface area contributed by atoms with Gasteiger partial charge in [0.15, 0.2) is 0 Å². The number of thiophene rings is 4. The Hall–Kier alpha value is -4.74. The monoisotopic (exact) mass is 996 g/mol. The Labute approximate surface area is 426 Å². The van der Waals surface area contributed by atoms with Gasteiger partial charge in [0.2, 0.25) is 0 Å². The van der Waals surface area contributed by atoms with Gasteiger partial charge in [0, 0.05) is 16.0 Å². The van der Waals surface area contributed by atoms with E-state index in [4.69, 9.17) is 14.2 Å². The summed E-state index contributed by atoms with van der Waals surface area (Å²) in [6.45, 7) is 12.1. The molecule has 5 nitrogen and oxygen atoms in total. The zero-order valence-corrected chi connectivity index (χ0v) is 44.5. The van der Waals surface area contributed by atoms with Crippen molar-refractivity contribution in [3.63, 3.8) is 0 Å². The van der Waals surface area contributed by atoms with E-state index in [2.05, 4.69) is 94.6 Å². The number of ether oxygens (including phenoxy) is 3. The zero-order chi connectivity index (χ0) is 48.4. The van der Waals surface area contributed by atoms with Crippen LogP contribution in [-0.4, -0.2) is 30.5 Å². The van der Waals surface area contributed by atoms with Crippen molar-refractivity contribution in [2.45, 2.75) is 123 Å². The summed E-state index contributed by atoms with van der Waals surface area (Å²) in [7, 11) is 1.71. The maximum Gasteiger partial charge on any atom is 0.143 e. The SMILES string of the molecule is CCCCCCCCOc1ccc(C(O)(c2ccc(C)cc2)c2c(-c3sccc3C)sc3c(C(O)(c4ccc(C)cc4)c4ccc(OCCCCCCCC)cc4)c(-c4sccc4OC)sc23)cc1. The highest BCUT2D eigenvalue weighted by molar-refractivity contribution is 7.34. The van der Waals surface area contributed by atoms with E-state index in [1.807, 2.05) is 60.0 Å². The molecule has 4 aromatic carbocycles. The van der Waals surface area contributed by atoms with Crippen molar-refractivity contribution in [1.82, 2.24) is 0 Å². The van der Waals surface area contributed by atoms with Gasteiger partial charge in [-0.2, -0.15) is 0 Å². The van der Waals surface area contributed by atoms with E-state index >= 15 is 0 Å². The lowest BCUT2D eigenvalue weighted by molar-refractivity contribution is 0.127. The van der Waals surface area contributed by atoms with E-state index in [0.717, 1.165) is 122 Å². The summed E-state index contributed by atoms with van der Waals surface area (Å²) in [6, 6.07) is 36.8. The van der Waals surface area contributed by atoms with E-state index in [0.29, 0.717) is 13.2 Å². The Kier molecular flexibility index (Phi) is 17.2. The van der Waals surface area contributed by atoms with Crippen LogP contribution in [0.3, 0.4) is 0 Å². The fourth-order valence-corrected chi connectivity index (χ4v) is 14.6. The molecule has 0 fully saturated rings. The molecule has 0 saturated heterocycles. The van der Waals surface area contributed by atoms with Gasteiger partial charge in [0.1, 0.15) is 28.5 Å². The van der Waals surface area contributed by atoms with Crippen LogP contribution in [0.1, 0.15) is 141 Å². The van der Waals surface area contributed by atoms with E-state index in [1.165, 1.54) is 51.4 Å². The highest BCUT2D eigenvalue weighted by Gasteiger charge is 2.46. The van der Waals surface area contributed by atoms with Crippen LogP contribution in [0.15, 0.2) is 120 Å². The Morgan fingerprint density at radius 2 is 0.812 bits per heavy atom. The quantitative estimate of drug-likeness (QED) is 0.0559. The molecule has 0 aliphatic carbocycles. The van der Waals surface area contributed by atoms with Crippen LogP contribution in [0.5, 0.6) is 17.2 Å². The van der Waals surface area contributed by atoms with Crippen molar-refractivity contribution in [2.75, 3.05) is 20.3 Å². The maximum atomic E-state index is 14.1. The Balaban J connectivity index is 1.33. The molecular formula is C60H68O5S4. The molecule has 2 N–H and O–H groups in total. The third-order valence-electron chi connectivity index (χ3n) is 13.4. The van der Waals surface area contributed by atoms with Gasteiger partial charge in [-0.15, -0.1) is 45.3 Å². The number of rotatable bonds is 25. The highest BCUT2D eigenvalue weighted by Crippen LogP contribution is 2.60. The lowest BCUT2D eigenvalue weighted by Gasteiger charge is -2.31. The van der Waals surface area contributed by atoms with Gasteiger partial charge >= 0.3 is 0 Å². The van der Waals surface area contributed by atoms with Crippen LogP contribution in [0, 0.1) is 20.8 Å². The summed E-state index contributed by atoms with van der Waals surface area (Å²) in [6.07, 6.45) is 14.4. The van der Waals surface area contributed by atoms with E-state index < -0.39 is 11.2 Å². The average Bonchev–Trinajstić information content (AvgIpc) is 4.18. The van der Waals surface area contributed by atoms with Crippen molar-refractivity contribution in [1.29, 1.82) is 0 Å². The fraction of sp³-hybridized carbons (Fsp3) is 0.367. The van der Waals surface area contributed by atoms with E-state index in [1.54, 1.807) is 52.5 Å². The number of unbranched alkanes of at least 4 members (excludes halogenated alkanes) is 10. The van der Waals surface area contributed by atoms with Crippen molar-refractivity contribution >= 4 is 54.7 Å². The number of aliphatic hydroxyl groups is 2. The second-order valence-corrected chi connectivity index (χ2v) is 22.3. The van der Waals surface area contributed by atoms with Crippen LogP contribution in [-0.2, 0) is 11.2 Å². The van der Waals surface area contributed by atoms with Crippen LogP contribution in [0.2, 0.25) is 0 Å². The summed E-state index contributed by atoms with van der Waals surface area (Å²) in [5.41, 5.74) is 4.65. The highest BCUT2D eigenvalue weighted by atomic mass is 32.1. The molecule has 0 aliphatic rings. The summed E-state index contributed by atoms with van der Waals surface area (Å²) >= 11 is 6.56. The van der Waals surface area contributed by atoms with Crippen molar-refractivity contribution < 1.29 is 24.4 Å². The number of hydrogen-bond acceptors (Lipinski definition) is 9. The average molecular weight is 997 g/mol. The third kappa shape index (κ3) is 10.9. The minimum absolute atomic E-state index is 0.656. The number of hydrogen-bond donors (Lipinski definition) is 2. The predicted octanol–water partition coefficient (Wildman–Crippen LogP) is 17.4. The first-order chi connectivity index (χ1) is 33.6. The molecule has 0 amide bonds. The summed E-state index contributed by atoms with van der Waals surface area (Å²) in [5.74, 6) is 2.31. The lowest BCUT2D eigenvalue weighted by Crippen LogP contribution is -2.29. The molecule has 0 spiro atoms. The van der Waals surface area contributed by atoms with E-state index in [9.17, 15) is 10.2 Å². The van der Waals surface area contributed by atoms with Crippen LogP contribution in [0.25, 0.3) is 28.9 Å². The molecule has 8 aromatic rings. The smallest absolute Gasteiger partial charge is 0.143 e. The number of aryl methyl sites for hydroxylation is 3. The van der Waals surface area contributed by atoms with Crippen LogP contribution < -0.4 is 14.2 Å². The molecule has 4 heterocycles. The molecule has 0 radical (unpaired) electrons. The largest absolute Gasteiger partial charge is 0.495 e. The first-order valence-corrected chi connectivity index (χ1v) is 28.3. The summed E-state index contributed by atoms with van der Waals surface area (Å²) in [4.78, 5) is 3.89. The molecule has 0 saturated carbocycles. The second-order valence-electron chi connectivity index (χ2n) is 18.5. The predicted molar refractivity (Wildman–Crippen MR) is 295 cm³/mol. The molecule has 4 aromatic heterocycles. The summed E-state index contributed by atoms with van der Waals surface area (Å²) in [5, 5.41) is 32.5. The van der Waals surface area contributed by atoms with Gasteiger partial charge < -0.3 is 24.4 Å². The molecule has 8 rings (SSSR count). The molecule has 0 aliphatic heterocycles. The van der Waals surface area contributed by atoms with Crippen molar-refractivity contribution in [3.05, 3.63) is 170 Å². The Morgan fingerprint density at radius 1 is 0.435 bits per heavy atom. The van der Waals surface area contributed by atoms with Crippen molar-refractivity contribution in [3.8, 4) is 36.8 Å². The van der Waals surface area contributed by atoms with Gasteiger partial charge in [-0.25, -0.2) is 0 Å². The number of fused-ring (bicyclic) bond motifs is 1. The normalized spacial score (nSPS) is 13.4. The molecule has 69 heavy (non-hydrogen) atoms. The molecule has 362 valence electrons. The Morgan fingerprint density at radius 3 is 1.22 bits per heavy atom. The number of benzene rings is 4. The topological polar surface area (TPSA) is 68.2 Å². The minimum Gasteiger partial charge on any atom is -0.495 e. The van der Waals surface area contributed by atoms with Gasteiger partial charge in [0.25, 0.3) is 0 Å². The van der Waals surface area contributed by atoms with Gasteiger partial charge in [-0.1, -0.05) is 162 Å². The molecule has 2 atom stereocenters. The third-order valence-corrected chi connectivity index (χ3v) is 18.2. The van der Waals surface area contributed by atoms with Gasteiger partial charge in [0.05, 0.1) is 44.4 Å². The molecule has 9 heteroatoms. The molecule has 2 unspecified atom stereocenters. The van der Waals surface area contributed by atoms with Crippen LogP contribution in [0.4, 0.5) is 0 Å². The van der Waals surface area contributed by atoms with Gasteiger partial charge in [-0.3, -0.25) is 0 Å².